The molecule has 0 spiro atoms. The van der Waals surface area contributed by atoms with Crippen molar-refractivity contribution in [3.63, 3.8) is 0 Å². The van der Waals surface area contributed by atoms with Crippen LogP contribution in [-0.2, 0) is 4.79 Å². The molecule has 18 heavy (non-hydrogen) atoms. The number of methoxy groups -OCH3 is 1. The summed E-state index contributed by atoms with van der Waals surface area (Å²) in [6, 6.07) is 7.09. The van der Waals surface area contributed by atoms with Crippen LogP contribution in [0.5, 0.6) is 5.75 Å². The van der Waals surface area contributed by atoms with Crippen LogP contribution in [0.1, 0.15) is 23.2 Å². The molecule has 5 nitrogen and oxygen atoms in total. The van der Waals surface area contributed by atoms with Gasteiger partial charge < -0.3 is 15.4 Å². The fourth-order valence-corrected chi connectivity index (χ4v) is 1.97. The second kappa shape index (κ2) is 5.53. The van der Waals surface area contributed by atoms with E-state index in [2.05, 4.69) is 10.6 Å². The van der Waals surface area contributed by atoms with Crippen LogP contribution < -0.4 is 15.4 Å². The summed E-state index contributed by atoms with van der Waals surface area (Å²) in [4.78, 5) is 23.0. The SMILES string of the molecule is COc1ccccc1C(=O)NCC1CCC(=O)N1. The number of hydrogen-bond acceptors (Lipinski definition) is 3. The van der Waals surface area contributed by atoms with Gasteiger partial charge in [0.1, 0.15) is 5.75 Å². The molecule has 2 amide bonds. The monoisotopic (exact) mass is 248 g/mol. The highest BCUT2D eigenvalue weighted by molar-refractivity contribution is 5.97. The molecule has 0 bridgehead atoms. The molecular weight excluding hydrogens is 232 g/mol. The lowest BCUT2D eigenvalue weighted by atomic mass is 10.1. The van der Waals surface area contributed by atoms with E-state index in [0.29, 0.717) is 24.3 Å². The smallest absolute Gasteiger partial charge is 0.255 e. The van der Waals surface area contributed by atoms with E-state index in [1.165, 1.54) is 7.11 Å². The number of hydrogen-bond donors (Lipinski definition) is 2. The van der Waals surface area contributed by atoms with E-state index in [-0.39, 0.29) is 17.9 Å². The second-order valence-corrected chi connectivity index (χ2v) is 4.21. The summed E-state index contributed by atoms with van der Waals surface area (Å²) in [5.41, 5.74) is 0.504. The topological polar surface area (TPSA) is 67.4 Å². The first-order chi connectivity index (χ1) is 8.70. The van der Waals surface area contributed by atoms with Gasteiger partial charge in [-0.25, -0.2) is 0 Å². The Bertz CT molecular complexity index is 459. The van der Waals surface area contributed by atoms with E-state index < -0.39 is 0 Å². The molecule has 0 aromatic heterocycles. The van der Waals surface area contributed by atoms with Gasteiger partial charge in [-0.15, -0.1) is 0 Å². The zero-order valence-corrected chi connectivity index (χ0v) is 10.2. The van der Waals surface area contributed by atoms with E-state index >= 15 is 0 Å². The van der Waals surface area contributed by atoms with Gasteiger partial charge in [0, 0.05) is 19.0 Å². The number of para-hydroxylation sites is 1. The summed E-state index contributed by atoms with van der Waals surface area (Å²) in [6.45, 7) is 0.447. The Kier molecular flexibility index (Phi) is 3.82. The molecule has 1 heterocycles. The maximum Gasteiger partial charge on any atom is 0.255 e. The van der Waals surface area contributed by atoms with Gasteiger partial charge in [0.15, 0.2) is 0 Å². The first-order valence-electron chi connectivity index (χ1n) is 5.91. The van der Waals surface area contributed by atoms with Gasteiger partial charge in [0.05, 0.1) is 12.7 Å². The summed E-state index contributed by atoms with van der Waals surface area (Å²) in [5.74, 6) is 0.408. The predicted molar refractivity (Wildman–Crippen MR) is 66.5 cm³/mol. The minimum Gasteiger partial charge on any atom is -0.496 e. The lowest BCUT2D eigenvalue weighted by molar-refractivity contribution is -0.119. The maximum atomic E-state index is 12.0. The molecule has 0 saturated carbocycles. The molecule has 1 aromatic rings. The minimum absolute atomic E-state index is 0.0381. The number of nitrogens with one attached hydrogen (secondary N) is 2. The first-order valence-corrected chi connectivity index (χ1v) is 5.91. The van der Waals surface area contributed by atoms with Crippen molar-refractivity contribution >= 4 is 11.8 Å². The Morgan fingerprint density at radius 1 is 1.50 bits per heavy atom. The summed E-state index contributed by atoms with van der Waals surface area (Å²) in [7, 11) is 1.53. The van der Waals surface area contributed by atoms with E-state index in [1.54, 1.807) is 18.2 Å². The van der Waals surface area contributed by atoms with Gasteiger partial charge in [0.2, 0.25) is 5.91 Å². The molecule has 1 unspecified atom stereocenters. The van der Waals surface area contributed by atoms with Crippen LogP contribution in [0.25, 0.3) is 0 Å². The van der Waals surface area contributed by atoms with Crippen molar-refractivity contribution in [2.45, 2.75) is 18.9 Å². The van der Waals surface area contributed by atoms with E-state index in [4.69, 9.17) is 4.74 Å². The molecule has 1 fully saturated rings. The predicted octanol–water partition coefficient (Wildman–Crippen LogP) is 0.704. The fourth-order valence-electron chi connectivity index (χ4n) is 1.97. The third kappa shape index (κ3) is 2.80. The summed E-state index contributed by atoms with van der Waals surface area (Å²) < 4.78 is 5.12. The van der Waals surface area contributed by atoms with Crippen molar-refractivity contribution < 1.29 is 14.3 Å². The maximum absolute atomic E-state index is 12.0. The Balaban J connectivity index is 1.93. The van der Waals surface area contributed by atoms with Gasteiger partial charge in [0.25, 0.3) is 5.91 Å². The molecule has 5 heteroatoms. The summed E-state index contributed by atoms with van der Waals surface area (Å²) in [6.07, 6.45) is 1.31. The quantitative estimate of drug-likeness (QED) is 0.824. The first kappa shape index (κ1) is 12.4. The van der Waals surface area contributed by atoms with Gasteiger partial charge in [-0.2, -0.15) is 0 Å². The van der Waals surface area contributed by atoms with Crippen LogP contribution in [0.15, 0.2) is 24.3 Å². The van der Waals surface area contributed by atoms with Crippen LogP contribution in [0.3, 0.4) is 0 Å². The van der Waals surface area contributed by atoms with Gasteiger partial charge >= 0.3 is 0 Å². The van der Waals surface area contributed by atoms with Crippen LogP contribution in [-0.4, -0.2) is 31.5 Å². The van der Waals surface area contributed by atoms with Crippen molar-refractivity contribution in [1.82, 2.24) is 10.6 Å². The normalized spacial score (nSPS) is 18.3. The van der Waals surface area contributed by atoms with Gasteiger partial charge in [-0.1, -0.05) is 12.1 Å². The lowest BCUT2D eigenvalue weighted by Gasteiger charge is -2.12. The van der Waals surface area contributed by atoms with E-state index in [0.717, 1.165) is 6.42 Å². The van der Waals surface area contributed by atoms with Crippen molar-refractivity contribution in [2.24, 2.45) is 0 Å². The van der Waals surface area contributed by atoms with Crippen LogP contribution in [0.2, 0.25) is 0 Å². The zero-order chi connectivity index (χ0) is 13.0. The molecule has 2 rings (SSSR count). The van der Waals surface area contributed by atoms with Crippen LogP contribution in [0.4, 0.5) is 0 Å². The summed E-state index contributed by atoms with van der Waals surface area (Å²) >= 11 is 0. The third-order valence-electron chi connectivity index (χ3n) is 2.95. The fraction of sp³-hybridized carbons (Fsp3) is 0.385. The van der Waals surface area contributed by atoms with Crippen molar-refractivity contribution in [3.8, 4) is 5.75 Å². The lowest BCUT2D eigenvalue weighted by Crippen LogP contribution is -2.38. The largest absolute Gasteiger partial charge is 0.496 e. The molecule has 1 aliphatic heterocycles. The summed E-state index contributed by atoms with van der Waals surface area (Å²) in [5, 5.41) is 5.61. The number of benzene rings is 1. The average molecular weight is 248 g/mol. The molecule has 96 valence electrons. The van der Waals surface area contributed by atoms with Gasteiger partial charge in [-0.3, -0.25) is 9.59 Å². The Labute approximate surface area is 106 Å². The molecule has 1 saturated heterocycles. The number of amides is 2. The van der Waals surface area contributed by atoms with Crippen LogP contribution in [0, 0.1) is 0 Å². The van der Waals surface area contributed by atoms with Crippen molar-refractivity contribution in [3.05, 3.63) is 29.8 Å². The molecule has 0 radical (unpaired) electrons. The highest BCUT2D eigenvalue weighted by atomic mass is 16.5. The number of carbonyl (C=O) groups excluding carboxylic acids is 2. The standard InChI is InChI=1S/C13H16N2O3/c1-18-11-5-3-2-4-10(11)13(17)14-8-9-6-7-12(16)15-9/h2-5,9H,6-8H2,1H3,(H,14,17)(H,15,16). The van der Waals surface area contributed by atoms with E-state index in [9.17, 15) is 9.59 Å². The average Bonchev–Trinajstić information content (AvgIpc) is 2.81. The minimum atomic E-state index is -0.186. The van der Waals surface area contributed by atoms with Gasteiger partial charge in [-0.05, 0) is 18.6 Å². The highest BCUT2D eigenvalue weighted by Crippen LogP contribution is 2.16. The second-order valence-electron chi connectivity index (χ2n) is 4.21. The van der Waals surface area contributed by atoms with E-state index in [1.807, 2.05) is 6.07 Å². The molecular formula is C13H16N2O3. The number of carbonyl (C=O) groups is 2. The zero-order valence-electron chi connectivity index (χ0n) is 10.2. The Morgan fingerprint density at radius 2 is 2.28 bits per heavy atom. The number of rotatable bonds is 4. The molecule has 2 N–H and O–H groups in total. The third-order valence-corrected chi connectivity index (χ3v) is 2.95. The Morgan fingerprint density at radius 3 is 2.94 bits per heavy atom. The Hall–Kier alpha value is -2.04. The molecule has 1 aliphatic rings. The van der Waals surface area contributed by atoms with Crippen molar-refractivity contribution in [1.29, 1.82) is 0 Å². The van der Waals surface area contributed by atoms with Crippen LogP contribution >= 0.6 is 0 Å². The molecule has 1 aromatic carbocycles. The highest BCUT2D eigenvalue weighted by Gasteiger charge is 2.21. The van der Waals surface area contributed by atoms with Crippen molar-refractivity contribution in [2.75, 3.05) is 13.7 Å². The molecule has 1 atom stereocenters. The molecule has 0 aliphatic carbocycles. The number of ether oxygens (including phenoxy) is 1.